The van der Waals surface area contributed by atoms with Crippen LogP contribution in [0.15, 0.2) is 73.3 Å². The molecule has 0 fully saturated rings. The molecule has 1 unspecified atom stereocenters. The quantitative estimate of drug-likeness (QED) is 0.666. The average Bonchev–Trinajstić information content (AvgIpc) is 2.55. The van der Waals surface area contributed by atoms with Crippen LogP contribution in [-0.4, -0.2) is 9.86 Å². The van der Waals surface area contributed by atoms with Crippen molar-refractivity contribution in [3.8, 4) is 0 Å². The lowest BCUT2D eigenvalue weighted by Crippen LogP contribution is -2.33. The zero-order chi connectivity index (χ0) is 16.0. The van der Waals surface area contributed by atoms with E-state index in [0.717, 1.165) is 12.0 Å². The Balaban J connectivity index is 2.26. The van der Waals surface area contributed by atoms with Gasteiger partial charge < -0.3 is 0 Å². The normalized spacial score (nSPS) is 13.6. The molecule has 0 radical (unpaired) electrons. The van der Waals surface area contributed by atoms with Crippen molar-refractivity contribution in [2.24, 2.45) is 5.92 Å². The smallest absolute Gasteiger partial charge is 0.220 e. The molecule has 1 atom stereocenters. The molecule has 0 heterocycles. The number of thioether (sulfide) groups is 1. The average molecular weight is 310 g/mol. The molecule has 0 aliphatic heterocycles. The van der Waals surface area contributed by atoms with E-state index < -0.39 is 0 Å². The van der Waals surface area contributed by atoms with Crippen molar-refractivity contribution in [2.45, 2.75) is 25.0 Å². The highest BCUT2D eigenvalue weighted by atomic mass is 32.2. The summed E-state index contributed by atoms with van der Waals surface area (Å²) in [5.41, 5.74) is 1.97. The Morgan fingerprint density at radius 1 is 1.09 bits per heavy atom. The van der Waals surface area contributed by atoms with Crippen molar-refractivity contribution in [1.82, 2.24) is 0 Å². The fourth-order valence-electron chi connectivity index (χ4n) is 2.43. The second-order valence-electron chi connectivity index (χ2n) is 5.73. The Morgan fingerprint density at radius 2 is 1.64 bits per heavy atom. The predicted molar refractivity (Wildman–Crippen MR) is 96.3 cm³/mol. The molecule has 1 nitrogen and oxygen atoms in total. The molecule has 2 aromatic rings. The van der Waals surface area contributed by atoms with Crippen LogP contribution >= 0.6 is 11.8 Å². The van der Waals surface area contributed by atoms with E-state index in [1.807, 2.05) is 54.6 Å². The first kappa shape index (κ1) is 16.6. The van der Waals surface area contributed by atoms with Crippen molar-refractivity contribution in [3.05, 3.63) is 84.4 Å². The van der Waals surface area contributed by atoms with Crippen molar-refractivity contribution in [2.75, 3.05) is 0 Å². The van der Waals surface area contributed by atoms with Crippen LogP contribution in [0.4, 0.5) is 0 Å². The van der Waals surface area contributed by atoms with Gasteiger partial charge in [0.25, 0.3) is 0 Å². The summed E-state index contributed by atoms with van der Waals surface area (Å²) in [7, 11) is 0. The lowest BCUT2D eigenvalue weighted by atomic mass is 9.88. The van der Waals surface area contributed by atoms with Crippen LogP contribution in [0.25, 0.3) is 0 Å². The van der Waals surface area contributed by atoms with Gasteiger partial charge in [-0.2, -0.15) is 0 Å². The van der Waals surface area contributed by atoms with Crippen LogP contribution in [0.1, 0.15) is 29.8 Å². The van der Waals surface area contributed by atoms with E-state index in [4.69, 9.17) is 0 Å². The summed E-state index contributed by atoms with van der Waals surface area (Å²) in [5.74, 6) is 0.308. The minimum absolute atomic E-state index is 0.102. The molecular formula is C20H22OS. The highest BCUT2D eigenvalue weighted by Gasteiger charge is 2.34. The van der Waals surface area contributed by atoms with Crippen LogP contribution in [0.3, 0.4) is 0 Å². The molecule has 0 amide bonds. The third-order valence-electron chi connectivity index (χ3n) is 3.94. The van der Waals surface area contributed by atoms with E-state index >= 15 is 0 Å². The number of hydrogen-bond acceptors (Lipinski definition) is 2. The first-order chi connectivity index (χ1) is 10.6. The lowest BCUT2D eigenvalue weighted by Gasteiger charge is -2.33. The Morgan fingerprint density at radius 3 is 2.14 bits per heavy atom. The fourth-order valence-corrected chi connectivity index (χ4v) is 3.59. The Labute approximate surface area is 137 Å². The van der Waals surface area contributed by atoms with E-state index in [1.54, 1.807) is 0 Å². The molecule has 22 heavy (non-hydrogen) atoms. The van der Waals surface area contributed by atoms with Crippen molar-refractivity contribution in [3.63, 3.8) is 0 Å². The summed E-state index contributed by atoms with van der Waals surface area (Å²) in [6, 6.07) is 19.7. The van der Waals surface area contributed by atoms with Crippen LogP contribution in [-0.2, 0) is 6.42 Å². The third kappa shape index (κ3) is 3.89. The zero-order valence-electron chi connectivity index (χ0n) is 13.2. The van der Waals surface area contributed by atoms with Gasteiger partial charge in [-0.05, 0) is 17.9 Å². The summed E-state index contributed by atoms with van der Waals surface area (Å²) in [4.78, 5) is 12.6. The Bertz CT molecular complexity index is 619. The van der Waals surface area contributed by atoms with E-state index in [9.17, 15) is 4.79 Å². The molecule has 0 aliphatic rings. The van der Waals surface area contributed by atoms with Gasteiger partial charge in [0.05, 0.1) is 0 Å². The summed E-state index contributed by atoms with van der Waals surface area (Å²) in [6.45, 7) is 8.32. The minimum atomic E-state index is -0.297. The van der Waals surface area contributed by atoms with Gasteiger partial charge >= 0.3 is 0 Å². The maximum atomic E-state index is 12.6. The van der Waals surface area contributed by atoms with Gasteiger partial charge in [-0.3, -0.25) is 4.79 Å². The molecule has 0 aliphatic carbocycles. The molecule has 0 saturated carbocycles. The molecule has 2 aromatic carbocycles. The topological polar surface area (TPSA) is 17.1 Å². The highest BCUT2D eigenvalue weighted by molar-refractivity contribution is 8.15. The van der Waals surface area contributed by atoms with E-state index in [2.05, 4.69) is 32.6 Å². The molecule has 0 aromatic heterocycles. The summed E-state index contributed by atoms with van der Waals surface area (Å²) >= 11 is 1.39. The third-order valence-corrected chi connectivity index (χ3v) is 5.52. The van der Waals surface area contributed by atoms with Crippen LogP contribution in [0, 0.1) is 5.92 Å². The van der Waals surface area contributed by atoms with E-state index in [-0.39, 0.29) is 9.86 Å². The highest BCUT2D eigenvalue weighted by Crippen LogP contribution is 2.39. The first-order valence-electron chi connectivity index (χ1n) is 7.53. The largest absolute Gasteiger partial charge is 0.282 e. The molecule has 2 heteroatoms. The number of carbonyl (C=O) groups is 1. The maximum absolute atomic E-state index is 12.6. The number of rotatable bonds is 6. The number of hydrogen-bond donors (Lipinski definition) is 0. The zero-order valence-corrected chi connectivity index (χ0v) is 14.0. The lowest BCUT2D eigenvalue weighted by molar-refractivity contribution is 0.108. The van der Waals surface area contributed by atoms with Crippen molar-refractivity contribution < 1.29 is 4.79 Å². The van der Waals surface area contributed by atoms with Gasteiger partial charge in [-0.25, -0.2) is 0 Å². The molecule has 0 spiro atoms. The molecule has 114 valence electrons. The van der Waals surface area contributed by atoms with E-state index in [1.165, 1.54) is 17.3 Å². The van der Waals surface area contributed by atoms with Gasteiger partial charge in [0.2, 0.25) is 5.12 Å². The fraction of sp³-hybridized carbons (Fsp3) is 0.250. The van der Waals surface area contributed by atoms with Crippen LogP contribution < -0.4 is 0 Å². The number of carbonyl (C=O) groups excluding carboxylic acids is 1. The van der Waals surface area contributed by atoms with Crippen molar-refractivity contribution >= 4 is 16.9 Å². The Hall–Kier alpha value is -1.80. The Kier molecular flexibility index (Phi) is 5.62. The maximum Gasteiger partial charge on any atom is 0.220 e. The monoisotopic (exact) mass is 310 g/mol. The molecule has 0 saturated heterocycles. The standard InChI is InChI=1S/C20H22OS/c1-4-20(16(2)3,15-17-11-7-5-8-12-17)22-19(21)18-13-9-6-10-14-18/h4-14,16H,1,15H2,2-3H3. The molecule has 0 N–H and O–H groups in total. The van der Waals surface area contributed by atoms with Gasteiger partial charge in [0.1, 0.15) is 0 Å². The minimum Gasteiger partial charge on any atom is -0.282 e. The van der Waals surface area contributed by atoms with Crippen LogP contribution in [0.5, 0.6) is 0 Å². The summed E-state index contributed by atoms with van der Waals surface area (Å²) in [6.07, 6.45) is 2.74. The second kappa shape index (κ2) is 7.46. The number of benzene rings is 2. The van der Waals surface area contributed by atoms with Gasteiger partial charge in [-0.1, -0.05) is 92.3 Å². The summed E-state index contributed by atoms with van der Waals surface area (Å²) < 4.78 is -0.297. The molecule has 0 bridgehead atoms. The van der Waals surface area contributed by atoms with Crippen LogP contribution in [0.2, 0.25) is 0 Å². The van der Waals surface area contributed by atoms with Gasteiger partial charge in [0.15, 0.2) is 0 Å². The predicted octanol–water partition coefficient (Wildman–Crippen LogP) is 5.38. The first-order valence-corrected chi connectivity index (χ1v) is 8.35. The molecule has 2 rings (SSSR count). The van der Waals surface area contributed by atoms with Gasteiger partial charge in [0, 0.05) is 10.3 Å². The van der Waals surface area contributed by atoms with Gasteiger partial charge in [-0.15, -0.1) is 6.58 Å². The van der Waals surface area contributed by atoms with Crippen molar-refractivity contribution in [1.29, 1.82) is 0 Å². The second-order valence-corrected chi connectivity index (χ2v) is 7.07. The van der Waals surface area contributed by atoms with E-state index in [0.29, 0.717) is 5.92 Å². The molecular weight excluding hydrogens is 288 g/mol. The SMILES string of the molecule is C=CC(Cc1ccccc1)(SC(=O)c1ccccc1)C(C)C. The summed E-state index contributed by atoms with van der Waals surface area (Å²) in [5, 5.41) is 0.102.